The number of rotatable bonds is 5. The van der Waals surface area contributed by atoms with Crippen molar-refractivity contribution in [3.63, 3.8) is 0 Å². The Kier molecular flexibility index (Phi) is 6.43. The SMILES string of the molecule is O=C1NC(=Nc2ccc(Cl)cc2)S/C1=C\c1ccc(OCc2ccccc2)c(Cl)c1. The second-order valence-electron chi connectivity index (χ2n) is 6.42. The van der Waals surface area contributed by atoms with E-state index in [4.69, 9.17) is 27.9 Å². The van der Waals surface area contributed by atoms with Crippen molar-refractivity contribution in [3.05, 3.63) is 98.9 Å². The molecule has 1 amide bonds. The van der Waals surface area contributed by atoms with Gasteiger partial charge in [0, 0.05) is 5.02 Å². The minimum absolute atomic E-state index is 0.201. The number of ether oxygens (including phenoxy) is 1. The van der Waals surface area contributed by atoms with E-state index in [1.54, 1.807) is 42.5 Å². The van der Waals surface area contributed by atoms with Crippen LogP contribution < -0.4 is 10.1 Å². The van der Waals surface area contributed by atoms with Crippen molar-refractivity contribution in [2.24, 2.45) is 4.99 Å². The molecule has 1 heterocycles. The molecule has 0 spiro atoms. The average Bonchev–Trinajstić information content (AvgIpc) is 3.08. The van der Waals surface area contributed by atoms with Gasteiger partial charge in [0.15, 0.2) is 5.17 Å². The fraction of sp³-hybridized carbons (Fsp3) is 0.0435. The lowest BCUT2D eigenvalue weighted by Gasteiger charge is -2.08. The summed E-state index contributed by atoms with van der Waals surface area (Å²) in [5.74, 6) is 0.393. The van der Waals surface area contributed by atoms with Crippen molar-refractivity contribution < 1.29 is 9.53 Å². The first-order chi connectivity index (χ1) is 14.6. The fourth-order valence-electron chi connectivity index (χ4n) is 2.72. The number of aliphatic imine (C=N–C) groups is 1. The van der Waals surface area contributed by atoms with E-state index in [0.29, 0.717) is 38.2 Å². The number of hydrogen-bond donors (Lipinski definition) is 1. The summed E-state index contributed by atoms with van der Waals surface area (Å²) in [4.78, 5) is 17.3. The highest BCUT2D eigenvalue weighted by Crippen LogP contribution is 2.31. The average molecular weight is 455 g/mol. The van der Waals surface area contributed by atoms with Gasteiger partial charge in [-0.3, -0.25) is 4.79 Å². The lowest BCUT2D eigenvalue weighted by molar-refractivity contribution is -0.115. The summed E-state index contributed by atoms with van der Waals surface area (Å²) in [6.45, 7) is 0.434. The molecule has 150 valence electrons. The zero-order chi connectivity index (χ0) is 20.9. The predicted molar refractivity (Wildman–Crippen MR) is 124 cm³/mol. The number of nitrogens with one attached hydrogen (secondary N) is 1. The van der Waals surface area contributed by atoms with Crippen LogP contribution in [0.15, 0.2) is 82.7 Å². The lowest BCUT2D eigenvalue weighted by atomic mass is 10.2. The normalized spacial score (nSPS) is 16.1. The first-order valence-electron chi connectivity index (χ1n) is 9.08. The van der Waals surface area contributed by atoms with Crippen LogP contribution in [0.2, 0.25) is 10.0 Å². The highest BCUT2D eigenvalue weighted by Gasteiger charge is 2.23. The smallest absolute Gasteiger partial charge is 0.264 e. The van der Waals surface area contributed by atoms with E-state index >= 15 is 0 Å². The first kappa shape index (κ1) is 20.5. The number of hydrogen-bond acceptors (Lipinski definition) is 4. The highest BCUT2D eigenvalue weighted by molar-refractivity contribution is 8.18. The first-order valence-corrected chi connectivity index (χ1v) is 10.7. The van der Waals surface area contributed by atoms with Gasteiger partial charge in [0.05, 0.1) is 15.6 Å². The topological polar surface area (TPSA) is 50.7 Å². The molecule has 0 radical (unpaired) electrons. The predicted octanol–water partition coefficient (Wildman–Crippen LogP) is 6.46. The van der Waals surface area contributed by atoms with Gasteiger partial charge in [0.2, 0.25) is 0 Å². The van der Waals surface area contributed by atoms with Crippen molar-refractivity contribution in [2.45, 2.75) is 6.61 Å². The molecule has 30 heavy (non-hydrogen) atoms. The number of carbonyl (C=O) groups is 1. The highest BCUT2D eigenvalue weighted by atomic mass is 35.5. The standard InChI is InChI=1S/C23H16Cl2N2O2S/c24-17-7-9-18(10-8-17)26-23-27-22(28)21(30-23)13-16-6-11-20(19(25)12-16)29-14-15-4-2-1-3-5-15/h1-13H,14H2,(H,26,27,28)/b21-13-. The van der Waals surface area contributed by atoms with Gasteiger partial charge < -0.3 is 10.1 Å². The number of nitrogens with zero attached hydrogens (tertiary/aromatic N) is 1. The zero-order valence-corrected chi connectivity index (χ0v) is 18.0. The van der Waals surface area contributed by atoms with E-state index in [0.717, 1.165) is 11.1 Å². The van der Waals surface area contributed by atoms with Crippen LogP contribution in [0.1, 0.15) is 11.1 Å². The van der Waals surface area contributed by atoms with Crippen molar-refractivity contribution in [2.75, 3.05) is 0 Å². The maximum Gasteiger partial charge on any atom is 0.264 e. The largest absolute Gasteiger partial charge is 0.487 e. The molecule has 1 fully saturated rings. The van der Waals surface area contributed by atoms with E-state index in [2.05, 4.69) is 10.3 Å². The second kappa shape index (κ2) is 9.39. The fourth-order valence-corrected chi connectivity index (χ4v) is 3.94. The van der Waals surface area contributed by atoms with E-state index < -0.39 is 0 Å². The van der Waals surface area contributed by atoms with Gasteiger partial charge >= 0.3 is 0 Å². The monoisotopic (exact) mass is 454 g/mol. The number of amides is 1. The van der Waals surface area contributed by atoms with Gasteiger partial charge in [-0.2, -0.15) is 0 Å². The zero-order valence-electron chi connectivity index (χ0n) is 15.6. The van der Waals surface area contributed by atoms with Crippen LogP contribution in [0.5, 0.6) is 5.75 Å². The van der Waals surface area contributed by atoms with Crippen LogP contribution in [0.3, 0.4) is 0 Å². The Hall–Kier alpha value is -2.73. The molecule has 4 nitrogen and oxygen atoms in total. The van der Waals surface area contributed by atoms with Gasteiger partial charge in [-0.1, -0.05) is 59.6 Å². The third-order valence-corrected chi connectivity index (χ3v) is 5.66. The van der Waals surface area contributed by atoms with Gasteiger partial charge in [-0.05, 0) is 65.4 Å². The molecule has 0 aromatic heterocycles. The summed E-state index contributed by atoms with van der Waals surface area (Å²) in [6.07, 6.45) is 1.78. The summed E-state index contributed by atoms with van der Waals surface area (Å²) in [5.41, 5.74) is 2.58. The summed E-state index contributed by atoms with van der Waals surface area (Å²) >= 11 is 13.5. The van der Waals surface area contributed by atoms with E-state index in [-0.39, 0.29) is 5.91 Å². The summed E-state index contributed by atoms with van der Waals surface area (Å²) < 4.78 is 5.80. The molecule has 1 saturated heterocycles. The molecular formula is C23H16Cl2N2O2S. The molecule has 0 unspecified atom stereocenters. The van der Waals surface area contributed by atoms with Crippen molar-refractivity contribution >= 4 is 57.8 Å². The minimum Gasteiger partial charge on any atom is -0.487 e. The van der Waals surface area contributed by atoms with Crippen LogP contribution >= 0.6 is 35.0 Å². The van der Waals surface area contributed by atoms with Crippen LogP contribution in [-0.4, -0.2) is 11.1 Å². The van der Waals surface area contributed by atoms with Gasteiger partial charge in [-0.25, -0.2) is 4.99 Å². The number of thioether (sulfide) groups is 1. The Morgan fingerprint density at radius 2 is 1.77 bits per heavy atom. The third-order valence-electron chi connectivity index (χ3n) is 4.20. The second-order valence-corrected chi connectivity index (χ2v) is 8.30. The van der Waals surface area contributed by atoms with E-state index in [1.165, 1.54) is 11.8 Å². The molecule has 1 aliphatic rings. The molecule has 7 heteroatoms. The number of benzene rings is 3. The Bertz CT molecular complexity index is 1130. The molecule has 3 aromatic carbocycles. The summed E-state index contributed by atoms with van der Waals surface area (Å²) in [7, 11) is 0. The minimum atomic E-state index is -0.201. The molecule has 1 aliphatic heterocycles. The van der Waals surface area contributed by atoms with Crippen LogP contribution in [0.4, 0.5) is 5.69 Å². The lowest BCUT2D eigenvalue weighted by Crippen LogP contribution is -2.19. The molecule has 0 atom stereocenters. The maximum absolute atomic E-state index is 12.3. The maximum atomic E-state index is 12.3. The molecule has 1 N–H and O–H groups in total. The van der Waals surface area contributed by atoms with Crippen molar-refractivity contribution in [1.82, 2.24) is 5.32 Å². The Morgan fingerprint density at radius 3 is 2.50 bits per heavy atom. The molecule has 0 bridgehead atoms. The van der Waals surface area contributed by atoms with E-state index in [9.17, 15) is 4.79 Å². The van der Waals surface area contributed by atoms with Crippen LogP contribution in [-0.2, 0) is 11.4 Å². The summed E-state index contributed by atoms with van der Waals surface area (Å²) in [5, 5.41) is 4.40. The van der Waals surface area contributed by atoms with Gasteiger partial charge in [0.25, 0.3) is 5.91 Å². The van der Waals surface area contributed by atoms with Gasteiger partial charge in [0.1, 0.15) is 12.4 Å². The Balaban J connectivity index is 1.45. The van der Waals surface area contributed by atoms with Crippen molar-refractivity contribution in [1.29, 1.82) is 0 Å². The molecule has 4 rings (SSSR count). The van der Waals surface area contributed by atoms with E-state index in [1.807, 2.05) is 36.4 Å². The number of halogens is 2. The molecule has 3 aromatic rings. The molecule has 0 saturated carbocycles. The molecule has 0 aliphatic carbocycles. The molecular weight excluding hydrogens is 439 g/mol. The summed E-state index contributed by atoms with van der Waals surface area (Å²) in [6, 6.07) is 22.4. The van der Waals surface area contributed by atoms with Crippen molar-refractivity contribution in [3.8, 4) is 5.75 Å². The quantitative estimate of drug-likeness (QED) is 0.449. The Labute approximate surface area is 188 Å². The van der Waals surface area contributed by atoms with Crippen LogP contribution in [0.25, 0.3) is 6.08 Å². The number of amidine groups is 1. The third kappa shape index (κ3) is 5.25. The Morgan fingerprint density at radius 1 is 1.00 bits per heavy atom. The van der Waals surface area contributed by atoms with Crippen LogP contribution in [0, 0.1) is 0 Å². The van der Waals surface area contributed by atoms with Gasteiger partial charge in [-0.15, -0.1) is 0 Å². The number of carbonyl (C=O) groups excluding carboxylic acids is 1.